The number of amides is 1. The molecule has 1 aromatic heterocycles. The molecule has 0 unspecified atom stereocenters. The molecule has 3 rings (SSSR count). The van der Waals surface area contributed by atoms with Crippen LogP contribution >= 0.6 is 0 Å². The molecule has 1 heterocycles. The molecule has 0 radical (unpaired) electrons. The number of aliphatic carboxylic acids is 1. The van der Waals surface area contributed by atoms with Crippen LogP contribution in [-0.2, 0) is 16.6 Å². The van der Waals surface area contributed by atoms with Gasteiger partial charge in [0, 0.05) is 18.3 Å². The van der Waals surface area contributed by atoms with Gasteiger partial charge in [-0.1, -0.05) is 12.2 Å². The van der Waals surface area contributed by atoms with Gasteiger partial charge in [0.1, 0.15) is 0 Å². The van der Waals surface area contributed by atoms with E-state index in [1.165, 1.54) is 0 Å². The van der Waals surface area contributed by atoms with Crippen molar-refractivity contribution in [2.75, 3.05) is 0 Å². The van der Waals surface area contributed by atoms with Gasteiger partial charge in [0.2, 0.25) is 5.91 Å². The van der Waals surface area contributed by atoms with Gasteiger partial charge in [-0.3, -0.25) is 14.3 Å². The van der Waals surface area contributed by atoms with Crippen molar-refractivity contribution in [3.63, 3.8) is 0 Å². The molecule has 2 aliphatic rings. The molecular formula is C16H21N3O3. The minimum atomic E-state index is -0.873. The highest BCUT2D eigenvalue weighted by atomic mass is 16.4. The molecule has 1 aromatic rings. The van der Waals surface area contributed by atoms with E-state index in [1.807, 2.05) is 33.0 Å². The number of hydrogen-bond donors (Lipinski definition) is 2. The van der Waals surface area contributed by atoms with Gasteiger partial charge in [-0.15, -0.1) is 0 Å². The Morgan fingerprint density at radius 2 is 2.00 bits per heavy atom. The fraction of sp³-hybridized carbons (Fsp3) is 0.562. The standard InChI is InChI=1S/C16H21N3O3/c1-8(12-7-17-19(3)9(12)2)18-15(20)13-10-4-5-11(6-10)14(13)16(21)22/h4-5,7-8,10-11,13-14H,6H2,1-3H3,(H,18,20)(H,21,22)/t8-,10-,11-,13+,14-/m0/s1. The summed E-state index contributed by atoms with van der Waals surface area (Å²) in [6, 6.07) is -0.182. The van der Waals surface area contributed by atoms with E-state index < -0.39 is 17.8 Å². The van der Waals surface area contributed by atoms with E-state index in [-0.39, 0.29) is 23.8 Å². The SMILES string of the molecule is Cc1c([C@H](C)NC(=O)[C@H]2[C@@H](C(=O)O)[C@H]3C=C[C@H]2C3)cnn1C. The number of hydrogen-bond acceptors (Lipinski definition) is 3. The van der Waals surface area contributed by atoms with Crippen LogP contribution in [0.3, 0.4) is 0 Å². The summed E-state index contributed by atoms with van der Waals surface area (Å²) in [4.78, 5) is 24.1. The number of carboxylic acid groups (broad SMARTS) is 1. The zero-order chi connectivity index (χ0) is 16.0. The predicted octanol–water partition coefficient (Wildman–Crippen LogP) is 1.43. The Morgan fingerprint density at radius 1 is 1.36 bits per heavy atom. The van der Waals surface area contributed by atoms with E-state index in [9.17, 15) is 14.7 Å². The number of nitrogens with one attached hydrogen (secondary N) is 1. The maximum Gasteiger partial charge on any atom is 0.307 e. The number of carbonyl (C=O) groups is 2. The number of aryl methyl sites for hydroxylation is 1. The summed E-state index contributed by atoms with van der Waals surface area (Å²) < 4.78 is 1.76. The normalized spacial score (nSPS) is 30.5. The van der Waals surface area contributed by atoms with Gasteiger partial charge in [-0.2, -0.15) is 5.10 Å². The summed E-state index contributed by atoms with van der Waals surface area (Å²) in [5.41, 5.74) is 1.96. The van der Waals surface area contributed by atoms with Crippen LogP contribution in [0.25, 0.3) is 0 Å². The van der Waals surface area contributed by atoms with Gasteiger partial charge in [-0.05, 0) is 32.1 Å². The van der Waals surface area contributed by atoms with Crippen molar-refractivity contribution in [2.45, 2.75) is 26.3 Å². The molecule has 22 heavy (non-hydrogen) atoms. The molecule has 0 saturated heterocycles. The fourth-order valence-corrected chi connectivity index (χ4v) is 3.84. The highest BCUT2D eigenvalue weighted by Gasteiger charge is 2.51. The number of fused-ring (bicyclic) bond motifs is 2. The Balaban J connectivity index is 1.75. The molecule has 5 atom stereocenters. The van der Waals surface area contributed by atoms with Crippen LogP contribution in [0.1, 0.15) is 30.6 Å². The Labute approximate surface area is 129 Å². The summed E-state index contributed by atoms with van der Waals surface area (Å²) in [6.07, 6.45) is 6.46. The van der Waals surface area contributed by atoms with Crippen molar-refractivity contribution in [1.29, 1.82) is 0 Å². The first-order valence-electron chi connectivity index (χ1n) is 7.60. The van der Waals surface area contributed by atoms with Gasteiger partial charge in [-0.25, -0.2) is 0 Å². The van der Waals surface area contributed by atoms with Gasteiger partial charge in [0.25, 0.3) is 0 Å². The lowest BCUT2D eigenvalue weighted by Gasteiger charge is -2.25. The van der Waals surface area contributed by atoms with Crippen molar-refractivity contribution in [2.24, 2.45) is 30.7 Å². The lowest BCUT2D eigenvalue weighted by Crippen LogP contribution is -2.41. The van der Waals surface area contributed by atoms with Crippen LogP contribution < -0.4 is 5.32 Å². The van der Waals surface area contributed by atoms with Gasteiger partial charge >= 0.3 is 5.97 Å². The zero-order valence-electron chi connectivity index (χ0n) is 13.0. The Bertz CT molecular complexity index is 649. The van der Waals surface area contributed by atoms with E-state index >= 15 is 0 Å². The average Bonchev–Trinajstić information content (AvgIpc) is 3.14. The first-order valence-corrected chi connectivity index (χ1v) is 7.60. The molecule has 0 aliphatic heterocycles. The smallest absolute Gasteiger partial charge is 0.307 e. The topological polar surface area (TPSA) is 84.2 Å². The molecule has 2 bridgehead atoms. The van der Waals surface area contributed by atoms with Crippen LogP contribution in [0.2, 0.25) is 0 Å². The molecule has 118 valence electrons. The van der Waals surface area contributed by atoms with E-state index in [4.69, 9.17) is 0 Å². The fourth-order valence-electron chi connectivity index (χ4n) is 3.84. The molecule has 2 aliphatic carbocycles. The van der Waals surface area contributed by atoms with Gasteiger partial charge in [0.15, 0.2) is 0 Å². The van der Waals surface area contributed by atoms with Crippen LogP contribution in [0.15, 0.2) is 18.3 Å². The van der Waals surface area contributed by atoms with E-state index in [1.54, 1.807) is 10.9 Å². The highest BCUT2D eigenvalue weighted by Crippen LogP contribution is 2.48. The predicted molar refractivity (Wildman–Crippen MR) is 79.9 cm³/mol. The maximum atomic E-state index is 12.6. The molecule has 6 nitrogen and oxygen atoms in total. The number of nitrogens with zero attached hydrogens (tertiary/aromatic N) is 2. The second-order valence-corrected chi connectivity index (χ2v) is 6.38. The quantitative estimate of drug-likeness (QED) is 0.824. The van der Waals surface area contributed by atoms with Crippen LogP contribution in [0, 0.1) is 30.6 Å². The van der Waals surface area contributed by atoms with Crippen molar-refractivity contribution < 1.29 is 14.7 Å². The first-order chi connectivity index (χ1) is 10.4. The van der Waals surface area contributed by atoms with Crippen LogP contribution in [0.5, 0.6) is 0 Å². The summed E-state index contributed by atoms with van der Waals surface area (Å²) in [7, 11) is 1.86. The van der Waals surface area contributed by atoms with Crippen molar-refractivity contribution in [1.82, 2.24) is 15.1 Å². The highest BCUT2D eigenvalue weighted by molar-refractivity contribution is 5.87. The molecule has 1 fully saturated rings. The van der Waals surface area contributed by atoms with Crippen LogP contribution in [-0.4, -0.2) is 26.8 Å². The van der Waals surface area contributed by atoms with E-state index in [2.05, 4.69) is 10.4 Å². The zero-order valence-corrected chi connectivity index (χ0v) is 13.0. The molecule has 0 spiro atoms. The monoisotopic (exact) mass is 303 g/mol. The minimum absolute atomic E-state index is 0.00585. The second-order valence-electron chi connectivity index (χ2n) is 6.38. The largest absolute Gasteiger partial charge is 0.481 e. The third-order valence-electron chi connectivity index (χ3n) is 5.15. The van der Waals surface area contributed by atoms with Crippen molar-refractivity contribution in [3.05, 3.63) is 29.6 Å². The maximum absolute atomic E-state index is 12.6. The summed E-state index contributed by atoms with van der Waals surface area (Å²) >= 11 is 0. The van der Waals surface area contributed by atoms with E-state index in [0.717, 1.165) is 17.7 Å². The lowest BCUT2D eigenvalue weighted by atomic mass is 9.82. The molecule has 6 heteroatoms. The molecule has 1 amide bonds. The van der Waals surface area contributed by atoms with Crippen LogP contribution in [0.4, 0.5) is 0 Å². The third-order valence-corrected chi connectivity index (χ3v) is 5.15. The number of aromatic nitrogens is 2. The number of carboxylic acids is 1. The van der Waals surface area contributed by atoms with Gasteiger partial charge in [0.05, 0.1) is 24.1 Å². The van der Waals surface area contributed by atoms with Crippen molar-refractivity contribution >= 4 is 11.9 Å². The molecule has 1 saturated carbocycles. The third kappa shape index (κ3) is 2.23. The lowest BCUT2D eigenvalue weighted by molar-refractivity contribution is -0.148. The van der Waals surface area contributed by atoms with Gasteiger partial charge < -0.3 is 10.4 Å². The molecule has 2 N–H and O–H groups in total. The Morgan fingerprint density at radius 3 is 2.55 bits per heavy atom. The number of allylic oxidation sites excluding steroid dienone is 2. The molecular weight excluding hydrogens is 282 g/mol. The second kappa shape index (κ2) is 5.26. The van der Waals surface area contributed by atoms with E-state index in [0.29, 0.717) is 0 Å². The Hall–Kier alpha value is -2.11. The number of carbonyl (C=O) groups excluding carboxylic acids is 1. The summed E-state index contributed by atoms with van der Waals surface area (Å²) in [5.74, 6) is -2.06. The minimum Gasteiger partial charge on any atom is -0.481 e. The summed E-state index contributed by atoms with van der Waals surface area (Å²) in [5, 5.41) is 16.6. The van der Waals surface area contributed by atoms with Crippen molar-refractivity contribution in [3.8, 4) is 0 Å². The average molecular weight is 303 g/mol. The Kier molecular flexibility index (Phi) is 3.54. The summed E-state index contributed by atoms with van der Waals surface area (Å²) in [6.45, 7) is 3.85. The number of rotatable bonds is 4. The molecule has 0 aromatic carbocycles. The first kappa shape index (κ1) is 14.8.